The van der Waals surface area contributed by atoms with Crippen LogP contribution in [0.3, 0.4) is 0 Å². The SMILES string of the molecule is COc1ccc(OCC(=O)NC(=O)NCC(F)(F)F)c([N+](=O)[O-])c1. The number of benzene rings is 1. The van der Waals surface area contributed by atoms with Crippen molar-refractivity contribution >= 4 is 17.6 Å². The molecule has 0 heterocycles. The minimum atomic E-state index is -4.62. The number of alkyl halides is 3. The van der Waals surface area contributed by atoms with Crippen LogP contribution in [-0.4, -0.2) is 43.3 Å². The van der Waals surface area contributed by atoms with Crippen LogP contribution in [0.15, 0.2) is 18.2 Å². The highest BCUT2D eigenvalue weighted by Gasteiger charge is 2.28. The predicted octanol–water partition coefficient (Wildman–Crippen LogP) is 1.37. The van der Waals surface area contributed by atoms with Crippen LogP contribution in [0.2, 0.25) is 0 Å². The summed E-state index contributed by atoms with van der Waals surface area (Å²) in [5.74, 6) is -1.17. The Bertz CT molecular complexity index is 635. The molecular formula is C12H12F3N3O6. The molecule has 1 rings (SSSR count). The summed E-state index contributed by atoms with van der Waals surface area (Å²) in [5.41, 5.74) is -0.483. The van der Waals surface area contributed by atoms with Crippen LogP contribution in [0, 0.1) is 10.1 Å². The number of rotatable bonds is 6. The van der Waals surface area contributed by atoms with Crippen LogP contribution < -0.4 is 20.1 Å². The summed E-state index contributed by atoms with van der Waals surface area (Å²) in [7, 11) is 1.30. The smallest absolute Gasteiger partial charge is 0.405 e. The lowest BCUT2D eigenvalue weighted by Gasteiger charge is -2.10. The van der Waals surface area contributed by atoms with Gasteiger partial charge in [0.2, 0.25) is 0 Å². The molecule has 1 aromatic rings. The molecule has 0 bridgehead atoms. The molecule has 9 nitrogen and oxygen atoms in total. The zero-order valence-corrected chi connectivity index (χ0v) is 12.2. The molecule has 0 aromatic heterocycles. The third-order valence-electron chi connectivity index (χ3n) is 2.42. The van der Waals surface area contributed by atoms with Crippen LogP contribution >= 0.6 is 0 Å². The van der Waals surface area contributed by atoms with Gasteiger partial charge in [-0.05, 0) is 12.1 Å². The van der Waals surface area contributed by atoms with Crippen LogP contribution in [-0.2, 0) is 4.79 Å². The summed E-state index contributed by atoms with van der Waals surface area (Å²) in [6.07, 6.45) is -4.62. The van der Waals surface area contributed by atoms with Gasteiger partial charge in [-0.1, -0.05) is 0 Å². The van der Waals surface area contributed by atoms with E-state index >= 15 is 0 Å². The molecule has 1 aromatic carbocycles. The molecule has 132 valence electrons. The number of amides is 3. The van der Waals surface area contributed by atoms with Crippen LogP contribution in [0.4, 0.5) is 23.7 Å². The Hall–Kier alpha value is -3.05. The number of urea groups is 1. The van der Waals surface area contributed by atoms with Gasteiger partial charge in [-0.2, -0.15) is 13.2 Å². The van der Waals surface area contributed by atoms with Crippen molar-refractivity contribution in [2.24, 2.45) is 0 Å². The van der Waals surface area contributed by atoms with Crippen molar-refractivity contribution in [3.8, 4) is 11.5 Å². The summed E-state index contributed by atoms with van der Waals surface area (Å²) in [5, 5.41) is 13.9. The first-order chi connectivity index (χ1) is 11.1. The second-order valence-corrected chi connectivity index (χ2v) is 4.23. The van der Waals surface area contributed by atoms with Crippen molar-refractivity contribution in [2.45, 2.75) is 6.18 Å². The van der Waals surface area contributed by atoms with Gasteiger partial charge in [-0.15, -0.1) is 0 Å². The minimum Gasteiger partial charge on any atom is -0.496 e. The molecule has 0 aliphatic heterocycles. The fraction of sp³-hybridized carbons (Fsp3) is 0.333. The predicted molar refractivity (Wildman–Crippen MR) is 72.7 cm³/mol. The van der Waals surface area contributed by atoms with Gasteiger partial charge < -0.3 is 14.8 Å². The maximum Gasteiger partial charge on any atom is 0.405 e. The molecule has 2 N–H and O–H groups in total. The molecule has 0 saturated heterocycles. The molecule has 24 heavy (non-hydrogen) atoms. The number of methoxy groups -OCH3 is 1. The summed E-state index contributed by atoms with van der Waals surface area (Å²) in [6, 6.07) is 2.21. The van der Waals surface area contributed by atoms with E-state index in [9.17, 15) is 32.9 Å². The van der Waals surface area contributed by atoms with Gasteiger partial charge >= 0.3 is 17.9 Å². The molecule has 3 amide bonds. The zero-order valence-electron chi connectivity index (χ0n) is 12.2. The first-order valence-corrected chi connectivity index (χ1v) is 6.22. The Labute approximate surface area is 132 Å². The number of nitro groups is 1. The molecule has 12 heteroatoms. The van der Waals surface area contributed by atoms with E-state index in [1.165, 1.54) is 24.6 Å². The highest BCUT2D eigenvalue weighted by molar-refractivity contribution is 5.95. The topological polar surface area (TPSA) is 120 Å². The summed E-state index contributed by atoms with van der Waals surface area (Å²) in [6.45, 7) is -2.43. The van der Waals surface area contributed by atoms with Crippen molar-refractivity contribution in [1.82, 2.24) is 10.6 Å². The number of carbonyl (C=O) groups excluding carboxylic acids is 2. The number of imide groups is 1. The number of ether oxygens (including phenoxy) is 2. The van der Waals surface area contributed by atoms with Gasteiger partial charge in [0.1, 0.15) is 12.3 Å². The Morgan fingerprint density at radius 3 is 2.54 bits per heavy atom. The fourth-order valence-electron chi connectivity index (χ4n) is 1.42. The number of nitro benzene ring substituents is 1. The van der Waals surface area contributed by atoms with E-state index in [1.807, 2.05) is 0 Å². The highest BCUT2D eigenvalue weighted by Crippen LogP contribution is 2.30. The van der Waals surface area contributed by atoms with E-state index in [2.05, 4.69) is 0 Å². The number of nitrogens with one attached hydrogen (secondary N) is 2. The lowest BCUT2D eigenvalue weighted by atomic mass is 10.3. The molecule has 0 aliphatic rings. The van der Waals surface area contributed by atoms with Crippen LogP contribution in [0.1, 0.15) is 0 Å². The number of hydrogen-bond donors (Lipinski definition) is 2. The number of carbonyl (C=O) groups is 2. The second-order valence-electron chi connectivity index (χ2n) is 4.23. The highest BCUT2D eigenvalue weighted by atomic mass is 19.4. The van der Waals surface area contributed by atoms with Gasteiger partial charge in [0.15, 0.2) is 12.4 Å². The number of hydrogen-bond acceptors (Lipinski definition) is 6. The normalized spacial score (nSPS) is 10.7. The van der Waals surface area contributed by atoms with Crippen LogP contribution in [0.25, 0.3) is 0 Å². The fourth-order valence-corrected chi connectivity index (χ4v) is 1.42. The number of nitrogens with zero attached hydrogens (tertiary/aromatic N) is 1. The van der Waals surface area contributed by atoms with Crippen molar-refractivity contribution in [3.05, 3.63) is 28.3 Å². The Balaban J connectivity index is 2.58. The van der Waals surface area contributed by atoms with Crippen LogP contribution in [0.5, 0.6) is 11.5 Å². The lowest BCUT2D eigenvalue weighted by Crippen LogP contribution is -2.44. The Kier molecular flexibility index (Phi) is 6.32. The molecule has 0 saturated carbocycles. The standard InChI is InChI=1S/C12H12F3N3O6/c1-23-7-2-3-9(8(4-7)18(21)22)24-5-10(19)17-11(20)16-6-12(13,14)15/h2-4H,5-6H2,1H3,(H2,16,17,19,20). The zero-order chi connectivity index (χ0) is 18.3. The first-order valence-electron chi connectivity index (χ1n) is 6.22. The van der Waals surface area contributed by atoms with E-state index in [1.54, 1.807) is 5.32 Å². The second kappa shape index (κ2) is 7.99. The third kappa shape index (κ3) is 6.37. The van der Waals surface area contributed by atoms with Crippen molar-refractivity contribution < 1.29 is 37.2 Å². The van der Waals surface area contributed by atoms with Gasteiger partial charge in [0.25, 0.3) is 5.91 Å². The molecular weight excluding hydrogens is 339 g/mol. The molecule has 0 atom stereocenters. The van der Waals surface area contributed by atoms with E-state index < -0.39 is 41.9 Å². The van der Waals surface area contributed by atoms with Crippen molar-refractivity contribution in [3.63, 3.8) is 0 Å². The van der Waals surface area contributed by atoms with Crippen molar-refractivity contribution in [2.75, 3.05) is 20.3 Å². The maximum atomic E-state index is 11.9. The Morgan fingerprint density at radius 2 is 2.00 bits per heavy atom. The molecule has 0 unspecified atom stereocenters. The summed E-state index contributed by atoms with van der Waals surface area (Å²) < 4.78 is 45.3. The van der Waals surface area contributed by atoms with E-state index in [0.29, 0.717) is 0 Å². The molecule has 0 fully saturated rings. The van der Waals surface area contributed by atoms with Crippen molar-refractivity contribution in [1.29, 1.82) is 0 Å². The lowest BCUT2D eigenvalue weighted by molar-refractivity contribution is -0.385. The molecule has 0 spiro atoms. The average molecular weight is 351 g/mol. The molecule has 0 aliphatic carbocycles. The minimum absolute atomic E-state index is 0.185. The monoisotopic (exact) mass is 351 g/mol. The molecule has 0 radical (unpaired) electrons. The first kappa shape index (κ1) is 19.0. The third-order valence-corrected chi connectivity index (χ3v) is 2.42. The maximum absolute atomic E-state index is 11.9. The average Bonchev–Trinajstić information content (AvgIpc) is 2.50. The van der Waals surface area contributed by atoms with E-state index in [0.717, 1.165) is 6.07 Å². The van der Waals surface area contributed by atoms with E-state index in [4.69, 9.17) is 9.47 Å². The van der Waals surface area contributed by atoms with E-state index in [-0.39, 0.29) is 11.5 Å². The van der Waals surface area contributed by atoms with Gasteiger partial charge in [0, 0.05) is 0 Å². The largest absolute Gasteiger partial charge is 0.496 e. The number of halogens is 3. The quantitative estimate of drug-likeness (QED) is 0.590. The summed E-state index contributed by atoms with van der Waals surface area (Å²) in [4.78, 5) is 32.5. The summed E-state index contributed by atoms with van der Waals surface area (Å²) >= 11 is 0. The van der Waals surface area contributed by atoms with Gasteiger partial charge in [0.05, 0.1) is 18.1 Å². The van der Waals surface area contributed by atoms with Gasteiger partial charge in [-0.3, -0.25) is 20.2 Å². The van der Waals surface area contributed by atoms with Gasteiger partial charge in [-0.25, -0.2) is 4.79 Å². The Morgan fingerprint density at radius 1 is 1.33 bits per heavy atom.